The number of amides is 1. The zero-order chi connectivity index (χ0) is 22.9. The van der Waals surface area contributed by atoms with Gasteiger partial charge in [0.25, 0.3) is 5.56 Å². The summed E-state index contributed by atoms with van der Waals surface area (Å²) in [6.07, 6.45) is 1.94. The highest BCUT2D eigenvalue weighted by Crippen LogP contribution is 2.36. The molecule has 33 heavy (non-hydrogen) atoms. The number of thioether (sulfide) groups is 1. The SMILES string of the molecule is Cc1ccc(-n2c(SC(C(=O)NC3CC3)c3ccccc3)nc3ccccc3c2=O)cc1F. The van der Waals surface area contributed by atoms with Crippen LogP contribution in [0.4, 0.5) is 4.39 Å². The topological polar surface area (TPSA) is 64.0 Å². The van der Waals surface area contributed by atoms with Crippen LogP contribution in [0.25, 0.3) is 16.6 Å². The Balaban J connectivity index is 1.67. The van der Waals surface area contributed by atoms with Crippen molar-refractivity contribution in [1.82, 2.24) is 14.9 Å². The Labute approximate surface area is 194 Å². The number of carbonyl (C=O) groups excluding carboxylic acids is 1. The minimum Gasteiger partial charge on any atom is -0.352 e. The molecule has 3 aromatic carbocycles. The smallest absolute Gasteiger partial charge is 0.266 e. The molecule has 166 valence electrons. The molecule has 1 saturated carbocycles. The number of carbonyl (C=O) groups is 1. The van der Waals surface area contributed by atoms with E-state index in [0.29, 0.717) is 27.3 Å². The largest absolute Gasteiger partial charge is 0.352 e. The fourth-order valence-electron chi connectivity index (χ4n) is 3.65. The second-order valence-electron chi connectivity index (χ2n) is 8.18. The second-order valence-corrected chi connectivity index (χ2v) is 9.25. The number of halogens is 1. The number of hydrogen-bond acceptors (Lipinski definition) is 4. The van der Waals surface area contributed by atoms with Crippen LogP contribution in [0.15, 0.2) is 82.7 Å². The van der Waals surface area contributed by atoms with Crippen molar-refractivity contribution in [1.29, 1.82) is 0 Å². The Morgan fingerprint density at radius 1 is 1.09 bits per heavy atom. The van der Waals surface area contributed by atoms with E-state index < -0.39 is 11.1 Å². The third-order valence-electron chi connectivity index (χ3n) is 5.65. The van der Waals surface area contributed by atoms with Gasteiger partial charge in [-0.25, -0.2) is 9.37 Å². The maximum atomic E-state index is 14.4. The van der Waals surface area contributed by atoms with E-state index >= 15 is 0 Å². The van der Waals surface area contributed by atoms with Gasteiger partial charge < -0.3 is 5.32 Å². The molecule has 1 amide bonds. The van der Waals surface area contributed by atoms with E-state index in [1.165, 1.54) is 22.4 Å². The molecule has 1 heterocycles. The van der Waals surface area contributed by atoms with Gasteiger partial charge in [-0.1, -0.05) is 60.3 Å². The maximum absolute atomic E-state index is 14.4. The molecule has 5 rings (SSSR count). The molecule has 0 aliphatic heterocycles. The third kappa shape index (κ3) is 4.41. The van der Waals surface area contributed by atoms with Crippen molar-refractivity contribution < 1.29 is 9.18 Å². The second kappa shape index (κ2) is 8.83. The Morgan fingerprint density at radius 3 is 2.55 bits per heavy atom. The number of nitrogens with zero attached hydrogens (tertiary/aromatic N) is 2. The van der Waals surface area contributed by atoms with E-state index in [1.54, 1.807) is 37.3 Å². The number of hydrogen-bond donors (Lipinski definition) is 1. The Kier molecular flexibility index (Phi) is 5.72. The Morgan fingerprint density at radius 2 is 1.82 bits per heavy atom. The summed E-state index contributed by atoms with van der Waals surface area (Å²) >= 11 is 1.20. The summed E-state index contributed by atoms with van der Waals surface area (Å²) in [7, 11) is 0. The zero-order valence-corrected chi connectivity index (χ0v) is 18.8. The number of rotatable bonds is 6. The molecular formula is C26H22FN3O2S. The highest BCUT2D eigenvalue weighted by atomic mass is 32.2. The van der Waals surface area contributed by atoms with E-state index in [2.05, 4.69) is 5.32 Å². The van der Waals surface area contributed by atoms with Crippen LogP contribution < -0.4 is 10.9 Å². The molecule has 0 saturated heterocycles. The maximum Gasteiger partial charge on any atom is 0.266 e. The lowest BCUT2D eigenvalue weighted by Crippen LogP contribution is -2.30. The highest BCUT2D eigenvalue weighted by Gasteiger charge is 2.30. The van der Waals surface area contributed by atoms with Crippen LogP contribution in [0.3, 0.4) is 0 Å². The van der Waals surface area contributed by atoms with Crippen molar-refractivity contribution in [3.05, 3.63) is 100 Å². The van der Waals surface area contributed by atoms with E-state index in [-0.39, 0.29) is 17.5 Å². The van der Waals surface area contributed by atoms with Gasteiger partial charge in [0.2, 0.25) is 5.91 Å². The van der Waals surface area contributed by atoms with Crippen LogP contribution in [0.1, 0.15) is 29.2 Å². The molecule has 0 spiro atoms. The summed E-state index contributed by atoms with van der Waals surface area (Å²) < 4.78 is 15.8. The summed E-state index contributed by atoms with van der Waals surface area (Å²) in [5, 5.41) is 3.22. The fraction of sp³-hybridized carbons (Fsp3) is 0.192. The number of aryl methyl sites for hydroxylation is 1. The van der Waals surface area contributed by atoms with Crippen LogP contribution in [0.5, 0.6) is 0 Å². The molecule has 1 aliphatic carbocycles. The summed E-state index contributed by atoms with van der Waals surface area (Å²) in [5.41, 5.74) is 1.90. The van der Waals surface area contributed by atoms with Gasteiger partial charge in [0.05, 0.1) is 16.6 Å². The predicted octanol–water partition coefficient (Wildman–Crippen LogP) is 4.95. The van der Waals surface area contributed by atoms with Crippen LogP contribution in [0, 0.1) is 12.7 Å². The lowest BCUT2D eigenvalue weighted by atomic mass is 10.1. The number of para-hydroxylation sites is 1. The van der Waals surface area contributed by atoms with Crippen LogP contribution in [0.2, 0.25) is 0 Å². The first-order valence-corrected chi connectivity index (χ1v) is 11.7. The zero-order valence-electron chi connectivity index (χ0n) is 18.0. The standard InChI is InChI=1S/C26H22FN3O2S/c1-16-11-14-19(15-21(16)27)30-25(32)20-9-5-6-10-22(20)29-26(30)33-23(17-7-3-2-4-8-17)24(31)28-18-12-13-18/h2-11,14-15,18,23H,12-13H2,1H3,(H,28,31). The van der Waals surface area contributed by atoms with Gasteiger partial charge in [-0.15, -0.1) is 0 Å². The summed E-state index contributed by atoms with van der Waals surface area (Å²) in [6, 6.07) is 21.3. The number of fused-ring (bicyclic) bond motifs is 1. The minimum absolute atomic E-state index is 0.127. The molecule has 1 unspecified atom stereocenters. The van der Waals surface area contributed by atoms with Crippen molar-refractivity contribution in [3.8, 4) is 5.69 Å². The molecule has 1 N–H and O–H groups in total. The highest BCUT2D eigenvalue weighted by molar-refractivity contribution is 8.00. The number of aromatic nitrogens is 2. The van der Waals surface area contributed by atoms with Gasteiger partial charge in [0, 0.05) is 6.04 Å². The quantitative estimate of drug-likeness (QED) is 0.328. The molecule has 1 fully saturated rings. The number of benzene rings is 3. The lowest BCUT2D eigenvalue weighted by Gasteiger charge is -2.19. The average molecular weight is 460 g/mol. The first-order chi connectivity index (χ1) is 16.0. The van der Waals surface area contributed by atoms with Crippen molar-refractivity contribution in [3.63, 3.8) is 0 Å². The molecule has 0 bridgehead atoms. The van der Waals surface area contributed by atoms with Gasteiger partial charge in [0.15, 0.2) is 5.16 Å². The van der Waals surface area contributed by atoms with Gasteiger partial charge in [-0.05, 0) is 55.2 Å². The number of nitrogens with one attached hydrogen (secondary N) is 1. The van der Waals surface area contributed by atoms with Crippen LogP contribution >= 0.6 is 11.8 Å². The van der Waals surface area contributed by atoms with Crippen LogP contribution in [-0.2, 0) is 4.79 Å². The molecule has 5 nitrogen and oxygen atoms in total. The predicted molar refractivity (Wildman–Crippen MR) is 128 cm³/mol. The molecule has 1 atom stereocenters. The van der Waals surface area contributed by atoms with E-state index in [9.17, 15) is 14.0 Å². The Bertz CT molecular complexity index is 1400. The van der Waals surface area contributed by atoms with Crippen molar-refractivity contribution >= 4 is 28.6 Å². The molecule has 1 aliphatic rings. The van der Waals surface area contributed by atoms with Crippen molar-refractivity contribution in [2.24, 2.45) is 0 Å². The Hall–Kier alpha value is -3.45. The van der Waals surface area contributed by atoms with E-state index in [4.69, 9.17) is 4.98 Å². The minimum atomic E-state index is -0.610. The lowest BCUT2D eigenvalue weighted by molar-refractivity contribution is -0.120. The van der Waals surface area contributed by atoms with Gasteiger partial charge in [-0.2, -0.15) is 0 Å². The fourth-order valence-corrected chi connectivity index (χ4v) is 4.77. The van der Waals surface area contributed by atoms with E-state index in [1.807, 2.05) is 36.4 Å². The summed E-state index contributed by atoms with van der Waals surface area (Å²) in [5.74, 6) is -0.535. The van der Waals surface area contributed by atoms with Crippen molar-refractivity contribution in [2.45, 2.75) is 36.2 Å². The molecule has 0 radical (unpaired) electrons. The van der Waals surface area contributed by atoms with Gasteiger partial charge >= 0.3 is 0 Å². The molecule has 1 aromatic heterocycles. The summed E-state index contributed by atoms with van der Waals surface area (Å²) in [6.45, 7) is 1.67. The molecular weight excluding hydrogens is 437 g/mol. The molecule has 7 heteroatoms. The van der Waals surface area contributed by atoms with Crippen molar-refractivity contribution in [2.75, 3.05) is 0 Å². The molecule has 4 aromatic rings. The summed E-state index contributed by atoms with van der Waals surface area (Å²) in [4.78, 5) is 31.4. The first kappa shape index (κ1) is 21.4. The normalized spacial score (nSPS) is 14.2. The first-order valence-electron chi connectivity index (χ1n) is 10.8. The van der Waals surface area contributed by atoms with Crippen LogP contribution in [-0.4, -0.2) is 21.5 Å². The monoisotopic (exact) mass is 459 g/mol. The van der Waals surface area contributed by atoms with Gasteiger partial charge in [-0.3, -0.25) is 14.2 Å². The third-order valence-corrected chi connectivity index (χ3v) is 6.85. The average Bonchev–Trinajstić information content (AvgIpc) is 3.64. The van der Waals surface area contributed by atoms with E-state index in [0.717, 1.165) is 18.4 Å². The van der Waals surface area contributed by atoms with Gasteiger partial charge in [0.1, 0.15) is 11.1 Å².